The van der Waals surface area contributed by atoms with E-state index in [1.807, 2.05) is 26.8 Å². The standard InChI is InChI=1S/C18H21ClN2O3/c1-10-7-12(3)21-18(23)15(10)9-20-17(22)13(4)24-14-5-6-16(19)11(2)8-14/h5-8,13H,9H2,1-4H3,(H,20,22)(H,21,23). The lowest BCUT2D eigenvalue weighted by Crippen LogP contribution is -2.37. The fourth-order valence-corrected chi connectivity index (χ4v) is 2.49. The highest BCUT2D eigenvalue weighted by Gasteiger charge is 2.16. The first-order valence-electron chi connectivity index (χ1n) is 7.68. The fourth-order valence-electron chi connectivity index (χ4n) is 2.37. The van der Waals surface area contributed by atoms with Crippen LogP contribution in [0, 0.1) is 20.8 Å². The van der Waals surface area contributed by atoms with Crippen LogP contribution in [0.3, 0.4) is 0 Å². The number of amides is 1. The van der Waals surface area contributed by atoms with Crippen LogP contribution in [-0.2, 0) is 11.3 Å². The molecule has 0 aliphatic carbocycles. The van der Waals surface area contributed by atoms with Gasteiger partial charge in [-0.3, -0.25) is 9.59 Å². The van der Waals surface area contributed by atoms with Gasteiger partial charge in [0.25, 0.3) is 11.5 Å². The smallest absolute Gasteiger partial charge is 0.261 e. The van der Waals surface area contributed by atoms with Crippen LogP contribution in [0.25, 0.3) is 0 Å². The number of H-pyrrole nitrogens is 1. The van der Waals surface area contributed by atoms with Gasteiger partial charge in [0.15, 0.2) is 6.10 Å². The van der Waals surface area contributed by atoms with E-state index >= 15 is 0 Å². The minimum Gasteiger partial charge on any atom is -0.481 e. The van der Waals surface area contributed by atoms with Crippen molar-refractivity contribution in [3.8, 4) is 5.75 Å². The van der Waals surface area contributed by atoms with Crippen molar-refractivity contribution in [3.63, 3.8) is 0 Å². The number of hydrogen-bond acceptors (Lipinski definition) is 3. The number of nitrogens with one attached hydrogen (secondary N) is 2. The van der Waals surface area contributed by atoms with Crippen molar-refractivity contribution in [3.05, 3.63) is 62.0 Å². The Bertz CT molecular complexity index is 814. The van der Waals surface area contributed by atoms with Crippen LogP contribution >= 0.6 is 11.6 Å². The molecule has 0 aliphatic rings. The molecular weight excluding hydrogens is 328 g/mol. The van der Waals surface area contributed by atoms with Gasteiger partial charge in [-0.2, -0.15) is 0 Å². The number of rotatable bonds is 5. The summed E-state index contributed by atoms with van der Waals surface area (Å²) in [6.45, 7) is 7.35. The van der Waals surface area contributed by atoms with Crippen molar-refractivity contribution in [2.45, 2.75) is 40.3 Å². The van der Waals surface area contributed by atoms with Gasteiger partial charge in [0.2, 0.25) is 0 Å². The Morgan fingerprint density at radius 1 is 1.25 bits per heavy atom. The van der Waals surface area contributed by atoms with Crippen LogP contribution < -0.4 is 15.6 Å². The number of carbonyl (C=O) groups is 1. The first kappa shape index (κ1) is 18.1. The second-order valence-corrected chi connectivity index (χ2v) is 6.24. The van der Waals surface area contributed by atoms with Crippen molar-refractivity contribution < 1.29 is 9.53 Å². The Labute approximate surface area is 146 Å². The van der Waals surface area contributed by atoms with E-state index < -0.39 is 6.10 Å². The number of pyridine rings is 1. The average Bonchev–Trinajstić information content (AvgIpc) is 2.49. The first-order chi connectivity index (χ1) is 11.3. The molecule has 6 heteroatoms. The molecule has 0 aliphatic heterocycles. The molecule has 1 aromatic carbocycles. The van der Waals surface area contributed by atoms with Gasteiger partial charge in [-0.05, 0) is 63.1 Å². The largest absolute Gasteiger partial charge is 0.481 e. The summed E-state index contributed by atoms with van der Waals surface area (Å²) in [7, 11) is 0. The van der Waals surface area contributed by atoms with Crippen LogP contribution in [0.1, 0.15) is 29.3 Å². The minimum absolute atomic E-state index is 0.160. The van der Waals surface area contributed by atoms with Crippen molar-refractivity contribution in [1.82, 2.24) is 10.3 Å². The number of ether oxygens (including phenoxy) is 1. The van der Waals surface area contributed by atoms with Crippen LogP contribution in [0.2, 0.25) is 5.02 Å². The number of aromatic nitrogens is 1. The molecule has 1 amide bonds. The molecule has 0 fully saturated rings. The Kier molecular flexibility index (Phi) is 5.67. The van der Waals surface area contributed by atoms with Gasteiger partial charge in [0.1, 0.15) is 5.75 Å². The molecule has 1 atom stereocenters. The average molecular weight is 349 g/mol. The second kappa shape index (κ2) is 7.53. The molecule has 0 spiro atoms. The number of carbonyl (C=O) groups excluding carboxylic acids is 1. The second-order valence-electron chi connectivity index (χ2n) is 5.83. The van der Waals surface area contributed by atoms with Gasteiger partial charge in [-0.15, -0.1) is 0 Å². The first-order valence-corrected chi connectivity index (χ1v) is 8.05. The third kappa shape index (κ3) is 4.38. The van der Waals surface area contributed by atoms with Crippen LogP contribution in [0.4, 0.5) is 0 Å². The zero-order valence-electron chi connectivity index (χ0n) is 14.2. The van der Waals surface area contributed by atoms with Gasteiger partial charge < -0.3 is 15.0 Å². The summed E-state index contributed by atoms with van der Waals surface area (Å²) in [6.07, 6.45) is -0.685. The molecule has 2 rings (SSSR count). The monoisotopic (exact) mass is 348 g/mol. The zero-order valence-corrected chi connectivity index (χ0v) is 15.0. The Morgan fingerprint density at radius 2 is 1.96 bits per heavy atom. The maximum Gasteiger partial charge on any atom is 0.261 e. The molecule has 128 valence electrons. The van der Waals surface area contributed by atoms with Gasteiger partial charge in [-0.1, -0.05) is 11.6 Å². The number of hydrogen-bond donors (Lipinski definition) is 2. The topological polar surface area (TPSA) is 71.2 Å². The van der Waals surface area contributed by atoms with E-state index in [4.69, 9.17) is 16.3 Å². The van der Waals surface area contributed by atoms with Gasteiger partial charge in [-0.25, -0.2) is 0 Å². The summed E-state index contributed by atoms with van der Waals surface area (Å²) >= 11 is 5.97. The van der Waals surface area contributed by atoms with E-state index in [9.17, 15) is 9.59 Å². The Balaban J connectivity index is 1.99. The fraction of sp³-hybridized carbons (Fsp3) is 0.333. The lowest BCUT2D eigenvalue weighted by Gasteiger charge is -2.16. The molecule has 2 aromatic rings. The Hall–Kier alpha value is -2.27. The highest BCUT2D eigenvalue weighted by Crippen LogP contribution is 2.21. The summed E-state index contributed by atoms with van der Waals surface area (Å²) in [5.41, 5.74) is 2.88. The summed E-state index contributed by atoms with van der Waals surface area (Å²) in [5.74, 6) is 0.283. The van der Waals surface area contributed by atoms with Crippen LogP contribution in [0.5, 0.6) is 5.75 Å². The molecule has 0 saturated heterocycles. The highest BCUT2D eigenvalue weighted by molar-refractivity contribution is 6.31. The lowest BCUT2D eigenvalue weighted by atomic mass is 10.1. The third-order valence-corrected chi connectivity index (χ3v) is 4.17. The zero-order chi connectivity index (χ0) is 17.9. The van der Waals surface area contributed by atoms with E-state index in [0.29, 0.717) is 16.3 Å². The van der Waals surface area contributed by atoms with Crippen LogP contribution in [-0.4, -0.2) is 17.0 Å². The molecule has 0 bridgehead atoms. The number of halogens is 1. The van der Waals surface area contributed by atoms with E-state index in [1.165, 1.54) is 0 Å². The molecule has 0 radical (unpaired) electrons. The molecule has 0 saturated carbocycles. The maximum atomic E-state index is 12.2. The molecule has 5 nitrogen and oxygen atoms in total. The molecular formula is C18H21ClN2O3. The molecule has 24 heavy (non-hydrogen) atoms. The summed E-state index contributed by atoms with van der Waals surface area (Å²) in [5, 5.41) is 3.38. The molecule has 1 unspecified atom stereocenters. The number of aromatic amines is 1. The quantitative estimate of drug-likeness (QED) is 0.872. The maximum absolute atomic E-state index is 12.2. The summed E-state index contributed by atoms with van der Waals surface area (Å²) < 4.78 is 5.62. The van der Waals surface area contributed by atoms with E-state index in [-0.39, 0.29) is 18.0 Å². The van der Waals surface area contributed by atoms with Crippen molar-refractivity contribution >= 4 is 17.5 Å². The SMILES string of the molecule is Cc1cc(C)c(CNC(=O)C(C)Oc2ccc(Cl)c(C)c2)c(=O)[nH]1. The van der Waals surface area contributed by atoms with Crippen LogP contribution in [0.15, 0.2) is 29.1 Å². The Morgan fingerprint density at radius 3 is 2.58 bits per heavy atom. The van der Waals surface area contributed by atoms with Gasteiger partial charge in [0.05, 0.1) is 0 Å². The van der Waals surface area contributed by atoms with Crippen molar-refractivity contribution in [1.29, 1.82) is 0 Å². The highest BCUT2D eigenvalue weighted by atomic mass is 35.5. The molecule has 2 N–H and O–H groups in total. The molecule has 1 heterocycles. The van der Waals surface area contributed by atoms with E-state index in [0.717, 1.165) is 16.8 Å². The van der Waals surface area contributed by atoms with Crippen molar-refractivity contribution in [2.75, 3.05) is 0 Å². The van der Waals surface area contributed by atoms with Gasteiger partial charge in [0, 0.05) is 22.8 Å². The number of aryl methyl sites for hydroxylation is 3. The summed E-state index contributed by atoms with van der Waals surface area (Å²) in [4.78, 5) is 26.9. The lowest BCUT2D eigenvalue weighted by molar-refractivity contribution is -0.127. The minimum atomic E-state index is -0.685. The van der Waals surface area contributed by atoms with Gasteiger partial charge >= 0.3 is 0 Å². The predicted octanol–water partition coefficient (Wildman–Crippen LogP) is 3.04. The summed E-state index contributed by atoms with van der Waals surface area (Å²) in [6, 6.07) is 7.10. The third-order valence-electron chi connectivity index (χ3n) is 3.74. The number of benzene rings is 1. The van der Waals surface area contributed by atoms with E-state index in [2.05, 4.69) is 10.3 Å². The van der Waals surface area contributed by atoms with E-state index in [1.54, 1.807) is 25.1 Å². The molecule has 1 aromatic heterocycles. The van der Waals surface area contributed by atoms with Crippen molar-refractivity contribution in [2.24, 2.45) is 0 Å². The predicted molar refractivity (Wildman–Crippen MR) is 94.7 cm³/mol. The normalized spacial score (nSPS) is 11.9.